The number of esters is 1. The molecular formula is C27H43N5O2. The van der Waals surface area contributed by atoms with Crippen molar-refractivity contribution in [2.24, 2.45) is 12.0 Å². The summed E-state index contributed by atoms with van der Waals surface area (Å²) in [5.74, 6) is 0.606. The molecule has 0 saturated carbocycles. The first-order valence-electron chi connectivity index (χ1n) is 12.6. The monoisotopic (exact) mass is 469 g/mol. The number of hydrogen-bond donors (Lipinski definition) is 0. The van der Waals surface area contributed by atoms with Crippen LogP contribution in [-0.4, -0.2) is 63.9 Å². The van der Waals surface area contributed by atoms with Gasteiger partial charge in [-0.25, -0.2) is 4.98 Å². The minimum Gasteiger partial charge on any atom is -0.447 e. The van der Waals surface area contributed by atoms with Gasteiger partial charge in [0.05, 0.1) is 12.8 Å². The number of benzene rings is 1. The third-order valence-electron chi connectivity index (χ3n) is 5.85. The van der Waals surface area contributed by atoms with Crippen LogP contribution in [-0.2, 0) is 29.7 Å². The molecule has 1 atom stereocenters. The summed E-state index contributed by atoms with van der Waals surface area (Å²) < 4.78 is 7.45. The van der Waals surface area contributed by atoms with Gasteiger partial charge in [-0.3, -0.25) is 14.7 Å². The van der Waals surface area contributed by atoms with Gasteiger partial charge in [-0.05, 0) is 63.4 Å². The van der Waals surface area contributed by atoms with Gasteiger partial charge in [0.1, 0.15) is 5.82 Å². The Bertz CT molecular complexity index is 856. The molecule has 7 heteroatoms. The van der Waals surface area contributed by atoms with Gasteiger partial charge in [0, 0.05) is 39.5 Å². The van der Waals surface area contributed by atoms with E-state index in [9.17, 15) is 4.79 Å². The van der Waals surface area contributed by atoms with Crippen LogP contribution >= 0.6 is 0 Å². The molecular weight excluding hydrogens is 426 g/mol. The van der Waals surface area contributed by atoms with Crippen LogP contribution in [0.2, 0.25) is 0 Å². The number of aliphatic imine (C=N–C) groups is 1. The molecule has 7 nitrogen and oxygen atoms in total. The van der Waals surface area contributed by atoms with Gasteiger partial charge in [-0.1, -0.05) is 38.1 Å². The molecule has 0 aliphatic rings. The second-order valence-electron chi connectivity index (χ2n) is 8.91. The number of carbonyl (C=O) groups excluding carboxylic acids is 1. The van der Waals surface area contributed by atoms with E-state index in [0.717, 1.165) is 43.9 Å². The molecule has 1 aromatic heterocycles. The Hall–Kier alpha value is -2.51. The van der Waals surface area contributed by atoms with E-state index < -0.39 is 0 Å². The number of unbranched alkanes of at least 4 members (excludes halogenated alkanes) is 1. The Morgan fingerprint density at radius 2 is 1.74 bits per heavy atom. The number of aromatic nitrogens is 2. The first-order chi connectivity index (χ1) is 16.4. The summed E-state index contributed by atoms with van der Waals surface area (Å²) >= 11 is 0. The molecule has 0 bridgehead atoms. The fraction of sp³-hybridized carbons (Fsp3) is 0.593. The molecule has 34 heavy (non-hydrogen) atoms. The van der Waals surface area contributed by atoms with Gasteiger partial charge in [-0.2, -0.15) is 0 Å². The van der Waals surface area contributed by atoms with Crippen LogP contribution in [0.4, 0.5) is 0 Å². The summed E-state index contributed by atoms with van der Waals surface area (Å²) in [6.45, 7) is 13.6. The highest BCUT2D eigenvalue weighted by Gasteiger charge is 2.17. The number of imidazole rings is 1. The van der Waals surface area contributed by atoms with Crippen molar-refractivity contribution in [2.45, 2.75) is 72.7 Å². The highest BCUT2D eigenvalue weighted by molar-refractivity contribution is 5.74. The van der Waals surface area contributed by atoms with Crippen LogP contribution in [0.25, 0.3) is 0 Å². The summed E-state index contributed by atoms with van der Waals surface area (Å²) in [6.07, 6.45) is 9.85. The molecule has 188 valence electrons. The van der Waals surface area contributed by atoms with Crippen molar-refractivity contribution in [1.29, 1.82) is 0 Å². The van der Waals surface area contributed by atoms with E-state index in [2.05, 4.69) is 57.9 Å². The molecule has 0 radical (unpaired) electrons. The van der Waals surface area contributed by atoms with E-state index in [4.69, 9.17) is 4.74 Å². The maximum atomic E-state index is 11.6. The van der Waals surface area contributed by atoms with Crippen molar-refractivity contribution < 1.29 is 9.53 Å². The Labute approximate surface area is 205 Å². The Kier molecular flexibility index (Phi) is 12.6. The standard InChI is InChI=1S/C27H43N5O2/c1-6-15-31(16-7-2)17-8-9-18-32(23(3)34-24(4)33)22-26-12-10-25(11-13-26)20-28-21-27-29-14-19-30(27)5/h10-14,19,21,23H,6-9,15-18,20,22H2,1-5H3/b28-21+. The molecule has 0 aliphatic carbocycles. The molecule has 0 saturated heterocycles. The van der Waals surface area contributed by atoms with Crippen LogP contribution in [0.5, 0.6) is 0 Å². The van der Waals surface area contributed by atoms with Crippen molar-refractivity contribution >= 4 is 12.2 Å². The lowest BCUT2D eigenvalue weighted by molar-refractivity contribution is -0.155. The molecule has 0 N–H and O–H groups in total. The van der Waals surface area contributed by atoms with Gasteiger partial charge < -0.3 is 14.2 Å². The average Bonchev–Trinajstić information content (AvgIpc) is 3.21. The number of aryl methyl sites for hydroxylation is 1. The molecule has 0 spiro atoms. The van der Waals surface area contributed by atoms with Crippen molar-refractivity contribution in [2.75, 3.05) is 26.2 Å². The highest BCUT2D eigenvalue weighted by atomic mass is 16.6. The lowest BCUT2D eigenvalue weighted by atomic mass is 10.1. The topological polar surface area (TPSA) is 63.0 Å². The molecule has 2 rings (SSSR count). The van der Waals surface area contributed by atoms with Gasteiger partial charge in [0.15, 0.2) is 6.23 Å². The summed E-state index contributed by atoms with van der Waals surface area (Å²) in [5.41, 5.74) is 2.36. The molecule has 1 heterocycles. The van der Waals surface area contributed by atoms with E-state index in [-0.39, 0.29) is 12.2 Å². The molecule has 0 aliphatic heterocycles. The SMILES string of the molecule is CCCN(CCC)CCCCN(Cc1ccc(C/N=C/c2nccn2C)cc1)C(C)OC(C)=O. The quantitative estimate of drug-likeness (QED) is 0.155. The maximum absolute atomic E-state index is 11.6. The predicted octanol–water partition coefficient (Wildman–Crippen LogP) is 4.65. The third-order valence-corrected chi connectivity index (χ3v) is 5.85. The van der Waals surface area contributed by atoms with E-state index in [1.54, 1.807) is 12.4 Å². The molecule has 0 fully saturated rings. The van der Waals surface area contributed by atoms with Crippen molar-refractivity contribution in [3.63, 3.8) is 0 Å². The summed E-state index contributed by atoms with van der Waals surface area (Å²) in [7, 11) is 1.96. The second-order valence-corrected chi connectivity index (χ2v) is 8.91. The van der Waals surface area contributed by atoms with Gasteiger partial charge in [-0.15, -0.1) is 0 Å². The molecule has 1 unspecified atom stereocenters. The van der Waals surface area contributed by atoms with Crippen LogP contribution in [0, 0.1) is 0 Å². The lowest BCUT2D eigenvalue weighted by Crippen LogP contribution is -2.37. The van der Waals surface area contributed by atoms with Gasteiger partial charge in [0.2, 0.25) is 0 Å². The van der Waals surface area contributed by atoms with E-state index in [1.165, 1.54) is 38.4 Å². The van der Waals surface area contributed by atoms with Gasteiger partial charge >= 0.3 is 5.97 Å². The minimum absolute atomic E-state index is 0.240. The summed E-state index contributed by atoms with van der Waals surface area (Å²) in [4.78, 5) is 25.1. The minimum atomic E-state index is -0.248. The number of ether oxygens (including phenoxy) is 1. The average molecular weight is 470 g/mol. The zero-order chi connectivity index (χ0) is 24.8. The van der Waals surface area contributed by atoms with E-state index in [1.807, 2.05) is 24.7 Å². The molecule has 0 amide bonds. The van der Waals surface area contributed by atoms with Gasteiger partial charge in [0.25, 0.3) is 0 Å². The first kappa shape index (κ1) is 27.7. The Balaban J connectivity index is 1.90. The number of rotatable bonds is 16. The highest BCUT2D eigenvalue weighted by Crippen LogP contribution is 2.13. The Morgan fingerprint density at radius 1 is 1.09 bits per heavy atom. The smallest absolute Gasteiger partial charge is 0.304 e. The largest absolute Gasteiger partial charge is 0.447 e. The molecule has 1 aromatic carbocycles. The zero-order valence-electron chi connectivity index (χ0n) is 21.7. The Morgan fingerprint density at radius 3 is 2.32 bits per heavy atom. The number of hydrogen-bond acceptors (Lipinski definition) is 6. The summed E-state index contributed by atoms with van der Waals surface area (Å²) in [6, 6.07) is 8.52. The van der Waals surface area contributed by atoms with Crippen LogP contribution in [0.15, 0.2) is 41.7 Å². The fourth-order valence-corrected chi connectivity index (χ4v) is 4.04. The van der Waals surface area contributed by atoms with E-state index >= 15 is 0 Å². The first-order valence-corrected chi connectivity index (χ1v) is 12.6. The third kappa shape index (κ3) is 10.2. The van der Waals surface area contributed by atoms with E-state index in [0.29, 0.717) is 6.54 Å². The van der Waals surface area contributed by atoms with Crippen molar-refractivity contribution in [1.82, 2.24) is 19.4 Å². The summed E-state index contributed by atoms with van der Waals surface area (Å²) in [5, 5.41) is 0. The van der Waals surface area contributed by atoms with Crippen LogP contribution < -0.4 is 0 Å². The zero-order valence-corrected chi connectivity index (χ0v) is 21.7. The number of carbonyl (C=O) groups is 1. The van der Waals surface area contributed by atoms with Crippen molar-refractivity contribution in [3.05, 3.63) is 53.6 Å². The van der Waals surface area contributed by atoms with Crippen LogP contribution in [0.3, 0.4) is 0 Å². The fourth-order valence-electron chi connectivity index (χ4n) is 4.04. The van der Waals surface area contributed by atoms with Crippen LogP contribution in [0.1, 0.15) is 70.3 Å². The lowest BCUT2D eigenvalue weighted by Gasteiger charge is -2.29. The normalized spacial score (nSPS) is 12.7. The van der Waals surface area contributed by atoms with Crippen molar-refractivity contribution in [3.8, 4) is 0 Å². The second kappa shape index (κ2) is 15.4. The predicted molar refractivity (Wildman–Crippen MR) is 139 cm³/mol. The maximum Gasteiger partial charge on any atom is 0.304 e. The molecule has 2 aromatic rings. The number of nitrogens with zero attached hydrogens (tertiary/aromatic N) is 5.